The minimum atomic E-state index is 0.369. The van der Waals surface area contributed by atoms with Crippen LogP contribution in [0.4, 0.5) is 0 Å². The highest BCUT2D eigenvalue weighted by molar-refractivity contribution is 5.76. The number of piperidine rings is 1. The van der Waals surface area contributed by atoms with Gasteiger partial charge in [-0.05, 0) is 31.6 Å². The molecule has 0 spiro atoms. The van der Waals surface area contributed by atoms with Gasteiger partial charge in [-0.1, -0.05) is 20.3 Å². The van der Waals surface area contributed by atoms with Crippen molar-refractivity contribution >= 4 is 5.91 Å². The molecule has 0 aliphatic carbocycles. The van der Waals surface area contributed by atoms with Crippen LogP contribution in [-0.2, 0) is 4.79 Å². The molecule has 1 rings (SSSR count). The molecule has 0 bridgehead atoms. The molecular weight excluding hydrogens is 174 g/mol. The summed E-state index contributed by atoms with van der Waals surface area (Å²) >= 11 is 0. The molecule has 0 radical (unpaired) electrons. The first-order chi connectivity index (χ1) is 6.77. The first-order valence-electron chi connectivity index (χ1n) is 6.05. The van der Waals surface area contributed by atoms with Crippen LogP contribution >= 0.6 is 0 Å². The fourth-order valence-corrected chi connectivity index (χ4v) is 2.31. The molecule has 1 aliphatic heterocycles. The first kappa shape index (κ1) is 11.5. The molecule has 1 aliphatic rings. The van der Waals surface area contributed by atoms with Crippen LogP contribution in [0.2, 0.25) is 0 Å². The monoisotopic (exact) mass is 197 g/mol. The van der Waals surface area contributed by atoms with E-state index >= 15 is 0 Å². The van der Waals surface area contributed by atoms with E-state index in [2.05, 4.69) is 18.7 Å². The third kappa shape index (κ3) is 3.32. The van der Waals surface area contributed by atoms with Crippen LogP contribution in [-0.4, -0.2) is 23.9 Å². The second-order valence-electron chi connectivity index (χ2n) is 4.39. The van der Waals surface area contributed by atoms with Crippen molar-refractivity contribution in [2.24, 2.45) is 5.92 Å². The fraction of sp³-hybridized carbons (Fsp3) is 0.917. The summed E-state index contributed by atoms with van der Waals surface area (Å²) in [4.78, 5) is 13.8. The predicted octanol–water partition coefficient (Wildman–Crippen LogP) is 2.83. The Hall–Kier alpha value is -0.530. The SMILES string of the molecule is CCCC(=O)N1CCCC(CCC)C1. The van der Waals surface area contributed by atoms with Gasteiger partial charge >= 0.3 is 0 Å². The zero-order chi connectivity index (χ0) is 10.4. The molecule has 0 aromatic carbocycles. The van der Waals surface area contributed by atoms with Crippen molar-refractivity contribution in [3.8, 4) is 0 Å². The summed E-state index contributed by atoms with van der Waals surface area (Å²) in [6, 6.07) is 0. The number of amides is 1. The second kappa shape index (κ2) is 6.05. The topological polar surface area (TPSA) is 20.3 Å². The summed E-state index contributed by atoms with van der Waals surface area (Å²) in [6.07, 6.45) is 6.78. The van der Waals surface area contributed by atoms with E-state index in [-0.39, 0.29) is 0 Å². The highest BCUT2D eigenvalue weighted by Gasteiger charge is 2.21. The molecule has 2 heteroatoms. The fourth-order valence-electron chi connectivity index (χ4n) is 2.31. The molecule has 1 heterocycles. The maximum atomic E-state index is 11.7. The van der Waals surface area contributed by atoms with Gasteiger partial charge in [0.25, 0.3) is 0 Å². The van der Waals surface area contributed by atoms with E-state index in [4.69, 9.17) is 0 Å². The molecule has 0 aromatic rings. The molecule has 0 N–H and O–H groups in total. The van der Waals surface area contributed by atoms with Crippen molar-refractivity contribution < 1.29 is 4.79 Å². The maximum Gasteiger partial charge on any atom is 0.222 e. The summed E-state index contributed by atoms with van der Waals surface area (Å²) in [5, 5.41) is 0. The first-order valence-corrected chi connectivity index (χ1v) is 6.05. The minimum Gasteiger partial charge on any atom is -0.342 e. The van der Waals surface area contributed by atoms with Gasteiger partial charge < -0.3 is 4.90 Å². The van der Waals surface area contributed by atoms with E-state index in [9.17, 15) is 4.79 Å². The average Bonchev–Trinajstić information content (AvgIpc) is 2.19. The van der Waals surface area contributed by atoms with E-state index in [0.29, 0.717) is 5.91 Å². The summed E-state index contributed by atoms with van der Waals surface area (Å²) in [6.45, 7) is 6.32. The van der Waals surface area contributed by atoms with E-state index in [1.165, 1.54) is 25.7 Å². The van der Waals surface area contributed by atoms with Crippen molar-refractivity contribution in [2.45, 2.75) is 52.4 Å². The van der Waals surface area contributed by atoms with Crippen molar-refractivity contribution in [1.82, 2.24) is 4.90 Å². The third-order valence-corrected chi connectivity index (χ3v) is 3.03. The van der Waals surface area contributed by atoms with Gasteiger partial charge in [-0.2, -0.15) is 0 Å². The molecule has 1 fully saturated rings. The van der Waals surface area contributed by atoms with Crippen LogP contribution in [0.25, 0.3) is 0 Å². The van der Waals surface area contributed by atoms with E-state index in [0.717, 1.165) is 31.8 Å². The van der Waals surface area contributed by atoms with Gasteiger partial charge in [0.15, 0.2) is 0 Å². The van der Waals surface area contributed by atoms with Crippen molar-refractivity contribution in [3.05, 3.63) is 0 Å². The molecule has 14 heavy (non-hydrogen) atoms. The largest absolute Gasteiger partial charge is 0.342 e. The molecule has 82 valence electrons. The van der Waals surface area contributed by atoms with Crippen molar-refractivity contribution in [1.29, 1.82) is 0 Å². The second-order valence-corrected chi connectivity index (χ2v) is 4.39. The zero-order valence-corrected chi connectivity index (χ0v) is 9.59. The summed E-state index contributed by atoms with van der Waals surface area (Å²) < 4.78 is 0. The molecule has 0 saturated carbocycles. The number of hydrogen-bond donors (Lipinski definition) is 0. The van der Waals surface area contributed by atoms with Crippen LogP contribution in [0.3, 0.4) is 0 Å². The van der Waals surface area contributed by atoms with Crippen LogP contribution in [0.15, 0.2) is 0 Å². The Morgan fingerprint density at radius 3 is 2.79 bits per heavy atom. The van der Waals surface area contributed by atoms with Gasteiger partial charge in [-0.15, -0.1) is 0 Å². The Morgan fingerprint density at radius 2 is 2.14 bits per heavy atom. The number of rotatable bonds is 4. The van der Waals surface area contributed by atoms with Gasteiger partial charge in [-0.25, -0.2) is 0 Å². The highest BCUT2D eigenvalue weighted by Crippen LogP contribution is 2.21. The number of carbonyl (C=O) groups excluding carboxylic acids is 1. The Balaban J connectivity index is 2.35. The average molecular weight is 197 g/mol. The third-order valence-electron chi connectivity index (χ3n) is 3.03. The molecule has 1 unspecified atom stereocenters. The summed E-state index contributed by atoms with van der Waals surface area (Å²) in [5.74, 6) is 1.14. The van der Waals surface area contributed by atoms with Gasteiger partial charge in [-0.3, -0.25) is 4.79 Å². The molecule has 2 nitrogen and oxygen atoms in total. The number of likely N-dealkylation sites (tertiary alicyclic amines) is 1. The predicted molar refractivity (Wildman–Crippen MR) is 59.1 cm³/mol. The smallest absolute Gasteiger partial charge is 0.222 e. The molecule has 1 atom stereocenters. The molecule has 1 saturated heterocycles. The lowest BCUT2D eigenvalue weighted by Gasteiger charge is -2.32. The zero-order valence-electron chi connectivity index (χ0n) is 9.59. The number of hydrogen-bond acceptors (Lipinski definition) is 1. The van der Waals surface area contributed by atoms with Gasteiger partial charge in [0.05, 0.1) is 0 Å². The van der Waals surface area contributed by atoms with E-state index in [1.807, 2.05) is 0 Å². The number of carbonyl (C=O) groups is 1. The number of nitrogens with zero attached hydrogens (tertiary/aromatic N) is 1. The van der Waals surface area contributed by atoms with Gasteiger partial charge in [0.1, 0.15) is 0 Å². The lowest BCUT2D eigenvalue weighted by atomic mass is 9.93. The Kier molecular flexibility index (Phi) is 4.99. The maximum absolute atomic E-state index is 11.7. The Morgan fingerprint density at radius 1 is 1.36 bits per heavy atom. The Bertz CT molecular complexity index is 177. The summed E-state index contributed by atoms with van der Waals surface area (Å²) in [5.41, 5.74) is 0. The minimum absolute atomic E-state index is 0.369. The van der Waals surface area contributed by atoms with Crippen LogP contribution < -0.4 is 0 Å². The van der Waals surface area contributed by atoms with Crippen LogP contribution in [0.5, 0.6) is 0 Å². The van der Waals surface area contributed by atoms with Gasteiger partial charge in [0.2, 0.25) is 5.91 Å². The quantitative estimate of drug-likeness (QED) is 0.678. The molecule has 0 aromatic heterocycles. The van der Waals surface area contributed by atoms with Crippen LogP contribution in [0.1, 0.15) is 52.4 Å². The van der Waals surface area contributed by atoms with Crippen LogP contribution in [0, 0.1) is 5.92 Å². The highest BCUT2D eigenvalue weighted by atomic mass is 16.2. The van der Waals surface area contributed by atoms with E-state index < -0.39 is 0 Å². The normalized spacial score (nSPS) is 22.4. The van der Waals surface area contributed by atoms with Crippen molar-refractivity contribution in [3.63, 3.8) is 0 Å². The molecular formula is C12H23NO. The van der Waals surface area contributed by atoms with Gasteiger partial charge in [0, 0.05) is 19.5 Å². The molecule has 1 amide bonds. The van der Waals surface area contributed by atoms with E-state index in [1.54, 1.807) is 0 Å². The summed E-state index contributed by atoms with van der Waals surface area (Å²) in [7, 11) is 0. The van der Waals surface area contributed by atoms with Crippen molar-refractivity contribution in [2.75, 3.05) is 13.1 Å². The lowest BCUT2D eigenvalue weighted by molar-refractivity contribution is -0.133. The standard InChI is InChI=1S/C12H23NO/c1-3-6-11-8-5-9-13(10-11)12(14)7-4-2/h11H,3-10H2,1-2H3. The Labute approximate surface area is 87.7 Å². The lowest BCUT2D eigenvalue weighted by Crippen LogP contribution is -2.39.